The van der Waals surface area contributed by atoms with Gasteiger partial charge in [0, 0.05) is 16.9 Å². The van der Waals surface area contributed by atoms with E-state index in [0.29, 0.717) is 5.69 Å². The summed E-state index contributed by atoms with van der Waals surface area (Å²) in [4.78, 5) is 10.5. The largest absolute Gasteiger partial charge is 0.479 e. The molecule has 0 fully saturated rings. The fourth-order valence-electron chi connectivity index (χ4n) is 1.03. The van der Waals surface area contributed by atoms with Crippen molar-refractivity contribution in [1.82, 2.24) is 0 Å². The second-order valence-electron chi connectivity index (χ2n) is 2.73. The maximum atomic E-state index is 10.5. The zero-order valence-electron chi connectivity index (χ0n) is 7.27. The van der Waals surface area contributed by atoms with Gasteiger partial charge in [-0.05, 0) is 18.2 Å². The molecule has 0 aliphatic rings. The minimum absolute atomic E-state index is 0.118. The van der Waals surface area contributed by atoms with Crippen LogP contribution < -0.4 is 17.0 Å². The molecule has 0 aliphatic heterocycles. The Labute approximate surface area is 80.1 Å². The number of nitrogen functional groups attached to an aromatic ring is 2. The van der Waals surface area contributed by atoms with E-state index >= 15 is 0 Å². The molecule has 0 heterocycles. The van der Waals surface area contributed by atoms with Gasteiger partial charge in [0.15, 0.2) is 6.10 Å². The van der Waals surface area contributed by atoms with Gasteiger partial charge in [0.25, 0.3) is 0 Å². The van der Waals surface area contributed by atoms with Gasteiger partial charge in [0.1, 0.15) is 0 Å². The molecule has 1 rings (SSSR count). The van der Waals surface area contributed by atoms with E-state index in [1.807, 2.05) is 0 Å². The monoisotopic (exact) mass is 197 g/mol. The van der Waals surface area contributed by atoms with Crippen LogP contribution in [0, 0.1) is 0 Å². The van der Waals surface area contributed by atoms with Crippen molar-refractivity contribution in [1.29, 1.82) is 0 Å². The molecular formula is C8H11N3O3. The quantitative estimate of drug-likeness (QED) is 0.257. The number of benzene rings is 1. The Morgan fingerprint density at radius 2 is 2.14 bits per heavy atom. The SMILES string of the molecule is NNc1ccc(N)c(C(O)C(=O)O)c1. The molecule has 0 aromatic heterocycles. The average molecular weight is 197 g/mol. The highest BCUT2D eigenvalue weighted by atomic mass is 16.4. The normalized spacial score (nSPS) is 12.1. The molecule has 0 saturated heterocycles. The second-order valence-corrected chi connectivity index (χ2v) is 2.73. The summed E-state index contributed by atoms with van der Waals surface area (Å²) in [5.41, 5.74) is 8.63. The van der Waals surface area contributed by atoms with Crippen LogP contribution in [0.2, 0.25) is 0 Å². The van der Waals surface area contributed by atoms with Crippen molar-refractivity contribution in [3.63, 3.8) is 0 Å². The van der Waals surface area contributed by atoms with Gasteiger partial charge in [-0.3, -0.25) is 5.84 Å². The molecule has 1 aromatic rings. The van der Waals surface area contributed by atoms with Gasteiger partial charge >= 0.3 is 5.97 Å². The molecule has 1 unspecified atom stereocenters. The standard InChI is InChI=1S/C8H11N3O3/c9-6-2-1-4(11-10)3-5(6)7(12)8(13)14/h1-3,7,11-12H,9-10H2,(H,13,14). The third-order valence-electron chi connectivity index (χ3n) is 1.78. The molecule has 6 nitrogen and oxygen atoms in total. The summed E-state index contributed by atoms with van der Waals surface area (Å²) in [6, 6.07) is 4.43. The van der Waals surface area contributed by atoms with E-state index in [0.717, 1.165) is 0 Å². The molecule has 7 N–H and O–H groups in total. The number of aliphatic hydroxyl groups is 1. The Morgan fingerprint density at radius 3 is 2.64 bits per heavy atom. The first-order valence-electron chi connectivity index (χ1n) is 3.83. The molecule has 0 amide bonds. The fraction of sp³-hybridized carbons (Fsp3) is 0.125. The molecule has 1 atom stereocenters. The summed E-state index contributed by atoms with van der Waals surface area (Å²) in [6.07, 6.45) is -1.64. The van der Waals surface area contributed by atoms with Gasteiger partial charge in [-0.2, -0.15) is 0 Å². The van der Waals surface area contributed by atoms with E-state index in [4.69, 9.17) is 16.7 Å². The number of hydrazine groups is 1. The minimum Gasteiger partial charge on any atom is -0.479 e. The van der Waals surface area contributed by atoms with Crippen LogP contribution in [-0.4, -0.2) is 16.2 Å². The first-order chi connectivity index (χ1) is 6.56. The molecule has 14 heavy (non-hydrogen) atoms. The molecule has 0 radical (unpaired) electrons. The van der Waals surface area contributed by atoms with Crippen molar-refractivity contribution in [2.24, 2.45) is 5.84 Å². The zero-order chi connectivity index (χ0) is 10.7. The third-order valence-corrected chi connectivity index (χ3v) is 1.78. The number of hydrogen-bond acceptors (Lipinski definition) is 5. The number of nitrogens with two attached hydrogens (primary N) is 2. The van der Waals surface area contributed by atoms with Crippen LogP contribution in [0.25, 0.3) is 0 Å². The highest BCUT2D eigenvalue weighted by molar-refractivity contribution is 5.77. The molecule has 1 aromatic carbocycles. The third kappa shape index (κ3) is 1.93. The van der Waals surface area contributed by atoms with Crippen LogP contribution in [0.3, 0.4) is 0 Å². The number of carbonyl (C=O) groups is 1. The smallest absolute Gasteiger partial charge is 0.337 e. The first kappa shape index (κ1) is 10.3. The van der Waals surface area contributed by atoms with Crippen LogP contribution in [0.5, 0.6) is 0 Å². The number of carboxylic acids is 1. The lowest BCUT2D eigenvalue weighted by atomic mass is 10.1. The summed E-state index contributed by atoms with van der Waals surface area (Å²) in [5.74, 6) is 3.77. The molecular weight excluding hydrogens is 186 g/mol. The maximum Gasteiger partial charge on any atom is 0.337 e. The van der Waals surface area contributed by atoms with Gasteiger partial charge in [0.05, 0.1) is 0 Å². The van der Waals surface area contributed by atoms with Crippen molar-refractivity contribution in [2.75, 3.05) is 11.2 Å². The summed E-state index contributed by atoms with van der Waals surface area (Å²) in [5, 5.41) is 17.8. The zero-order valence-corrected chi connectivity index (χ0v) is 7.27. The summed E-state index contributed by atoms with van der Waals surface area (Å²) < 4.78 is 0. The van der Waals surface area contributed by atoms with Crippen LogP contribution in [-0.2, 0) is 4.79 Å². The Hall–Kier alpha value is -1.79. The van der Waals surface area contributed by atoms with Gasteiger partial charge in [-0.25, -0.2) is 4.79 Å². The Balaban J connectivity index is 3.11. The molecule has 0 spiro atoms. The van der Waals surface area contributed by atoms with E-state index in [1.165, 1.54) is 12.1 Å². The molecule has 0 aliphatic carbocycles. The molecule has 76 valence electrons. The Bertz CT molecular complexity index is 354. The predicted octanol–water partition coefficient (Wildman–Crippen LogP) is -0.328. The van der Waals surface area contributed by atoms with Gasteiger partial charge in [0.2, 0.25) is 0 Å². The van der Waals surface area contributed by atoms with Crippen molar-refractivity contribution in [2.45, 2.75) is 6.10 Å². The van der Waals surface area contributed by atoms with E-state index in [-0.39, 0.29) is 11.3 Å². The number of aliphatic hydroxyl groups excluding tert-OH is 1. The number of anilines is 2. The lowest BCUT2D eigenvalue weighted by Crippen LogP contribution is -2.14. The van der Waals surface area contributed by atoms with Crippen LogP contribution in [0.4, 0.5) is 11.4 Å². The lowest BCUT2D eigenvalue weighted by molar-refractivity contribution is -0.146. The number of hydrogen-bond donors (Lipinski definition) is 5. The number of aliphatic carboxylic acids is 1. The number of carboxylic acid groups (broad SMARTS) is 1. The van der Waals surface area contributed by atoms with Crippen LogP contribution in [0.15, 0.2) is 18.2 Å². The average Bonchev–Trinajstić information content (AvgIpc) is 2.17. The minimum atomic E-state index is -1.64. The summed E-state index contributed by atoms with van der Waals surface area (Å²) in [6.45, 7) is 0. The topological polar surface area (TPSA) is 122 Å². The Kier molecular flexibility index (Phi) is 2.90. The van der Waals surface area contributed by atoms with Gasteiger partial charge in [-0.15, -0.1) is 0 Å². The number of nitrogens with one attached hydrogen (secondary N) is 1. The van der Waals surface area contributed by atoms with Crippen molar-refractivity contribution in [3.8, 4) is 0 Å². The van der Waals surface area contributed by atoms with E-state index in [9.17, 15) is 9.90 Å². The van der Waals surface area contributed by atoms with E-state index in [1.54, 1.807) is 6.07 Å². The lowest BCUT2D eigenvalue weighted by Gasteiger charge is -2.10. The van der Waals surface area contributed by atoms with Gasteiger partial charge < -0.3 is 21.4 Å². The number of rotatable bonds is 3. The van der Waals surface area contributed by atoms with E-state index in [2.05, 4.69) is 5.43 Å². The van der Waals surface area contributed by atoms with E-state index < -0.39 is 12.1 Å². The highest BCUT2D eigenvalue weighted by Crippen LogP contribution is 2.23. The molecule has 0 saturated carbocycles. The van der Waals surface area contributed by atoms with Gasteiger partial charge in [-0.1, -0.05) is 0 Å². The highest BCUT2D eigenvalue weighted by Gasteiger charge is 2.18. The summed E-state index contributed by atoms with van der Waals surface area (Å²) >= 11 is 0. The van der Waals surface area contributed by atoms with Crippen LogP contribution >= 0.6 is 0 Å². The maximum absolute atomic E-state index is 10.5. The van der Waals surface area contributed by atoms with Crippen molar-refractivity contribution < 1.29 is 15.0 Å². The summed E-state index contributed by atoms with van der Waals surface area (Å²) in [7, 11) is 0. The first-order valence-corrected chi connectivity index (χ1v) is 3.83. The Morgan fingerprint density at radius 1 is 1.50 bits per heavy atom. The molecule has 6 heteroatoms. The second kappa shape index (κ2) is 3.95. The predicted molar refractivity (Wildman–Crippen MR) is 51.3 cm³/mol. The van der Waals surface area contributed by atoms with Crippen LogP contribution in [0.1, 0.15) is 11.7 Å². The van der Waals surface area contributed by atoms with Crippen molar-refractivity contribution in [3.05, 3.63) is 23.8 Å². The molecule has 0 bridgehead atoms. The van der Waals surface area contributed by atoms with Crippen molar-refractivity contribution >= 4 is 17.3 Å². The fourth-order valence-corrected chi connectivity index (χ4v) is 1.03.